The van der Waals surface area contributed by atoms with Gasteiger partial charge < -0.3 is 4.74 Å². The fourth-order valence-electron chi connectivity index (χ4n) is 3.48. The molecule has 0 unspecified atom stereocenters. The minimum atomic E-state index is -3.32. The molecule has 0 aliphatic rings. The van der Waals surface area contributed by atoms with Crippen molar-refractivity contribution in [3.8, 4) is 5.75 Å². The molecule has 4 nitrogen and oxygen atoms in total. The van der Waals surface area contributed by atoms with Gasteiger partial charge >= 0.3 is 0 Å². The monoisotopic (exact) mass is 459 g/mol. The topological polar surface area (TPSA) is 55.4 Å². The number of sulfonamides is 1. The van der Waals surface area contributed by atoms with E-state index in [1.165, 1.54) is 11.1 Å². The van der Waals surface area contributed by atoms with E-state index in [0.717, 1.165) is 37.0 Å². The van der Waals surface area contributed by atoms with E-state index in [0.29, 0.717) is 13.2 Å². The molecule has 0 bridgehead atoms. The predicted octanol–water partition coefficient (Wildman–Crippen LogP) is 6.34. The number of hydrogen-bond donors (Lipinski definition) is 1. The van der Waals surface area contributed by atoms with Crippen molar-refractivity contribution in [1.82, 2.24) is 4.72 Å². The van der Waals surface area contributed by atoms with Gasteiger partial charge in [-0.15, -0.1) is 0 Å². The number of benzene rings is 2. The van der Waals surface area contributed by atoms with Gasteiger partial charge in [-0.2, -0.15) is 0 Å². The van der Waals surface area contributed by atoms with E-state index < -0.39 is 10.0 Å². The third-order valence-corrected chi connectivity index (χ3v) is 7.97. The number of unbranched alkanes of at least 4 members (excludes halogenated alkanes) is 1. The molecule has 2 aromatic carbocycles. The Bertz CT molecular complexity index is 950. The maximum atomic E-state index is 12.2. The summed E-state index contributed by atoms with van der Waals surface area (Å²) in [6.07, 6.45) is 3.64. The lowest BCUT2D eigenvalue weighted by Crippen LogP contribution is -2.26. The quantitative estimate of drug-likeness (QED) is 0.356. The van der Waals surface area contributed by atoms with Gasteiger partial charge in [-0.25, -0.2) is 13.1 Å². The smallest absolute Gasteiger partial charge is 0.215 e. The van der Waals surface area contributed by atoms with Crippen LogP contribution < -0.4 is 9.46 Å². The summed E-state index contributed by atoms with van der Waals surface area (Å²) in [5.41, 5.74) is 3.55. The third-order valence-electron chi connectivity index (χ3n) is 6.61. The molecule has 0 amide bonds. The average molecular weight is 460 g/mol. The van der Waals surface area contributed by atoms with Gasteiger partial charge in [0, 0.05) is 12.1 Å². The lowest BCUT2D eigenvalue weighted by molar-refractivity contribution is 0.296. The number of ether oxygens (including phenoxy) is 1. The van der Waals surface area contributed by atoms with Crippen LogP contribution in [-0.2, 0) is 26.6 Å². The summed E-state index contributed by atoms with van der Waals surface area (Å²) >= 11 is 0. The summed E-state index contributed by atoms with van der Waals surface area (Å²) in [5.74, 6) is 0.956. The van der Waals surface area contributed by atoms with Gasteiger partial charge in [-0.3, -0.25) is 0 Å². The Morgan fingerprint density at radius 1 is 0.875 bits per heavy atom. The highest BCUT2D eigenvalue weighted by atomic mass is 32.2. The summed E-state index contributed by atoms with van der Waals surface area (Å²) in [6.45, 7) is 14.5. The Morgan fingerprint density at radius 3 is 2.16 bits per heavy atom. The van der Waals surface area contributed by atoms with Crippen molar-refractivity contribution in [2.75, 3.05) is 13.2 Å². The fraction of sp³-hybridized carbons (Fsp3) is 0.556. The van der Waals surface area contributed by atoms with E-state index in [2.05, 4.69) is 64.5 Å². The number of rotatable bonds is 13. The first-order valence-corrected chi connectivity index (χ1v) is 13.4. The van der Waals surface area contributed by atoms with Crippen molar-refractivity contribution in [2.24, 2.45) is 0 Å². The van der Waals surface area contributed by atoms with Crippen LogP contribution in [0.4, 0.5) is 0 Å². The van der Waals surface area contributed by atoms with E-state index in [1.54, 1.807) is 0 Å². The molecular weight excluding hydrogens is 418 g/mol. The highest BCUT2D eigenvalue weighted by Crippen LogP contribution is 2.38. The van der Waals surface area contributed by atoms with Crippen LogP contribution in [0.15, 0.2) is 48.5 Å². The Balaban J connectivity index is 1.90. The SMILES string of the molecule is CCC(C)(C)c1ccc(OCCCCNS(=O)(=O)Cc2ccccc2)c(C(C)(C)CC)c1. The zero-order chi connectivity index (χ0) is 23.8. The predicted molar refractivity (Wildman–Crippen MR) is 135 cm³/mol. The van der Waals surface area contributed by atoms with Crippen LogP contribution in [0.1, 0.15) is 83.9 Å². The zero-order valence-corrected chi connectivity index (χ0v) is 21.5. The molecule has 0 aliphatic carbocycles. The minimum absolute atomic E-state index is 0.0141. The molecule has 0 saturated carbocycles. The molecule has 0 radical (unpaired) electrons. The average Bonchev–Trinajstić information content (AvgIpc) is 2.76. The second-order valence-electron chi connectivity index (χ2n) is 9.88. The van der Waals surface area contributed by atoms with E-state index in [1.807, 2.05) is 30.3 Å². The number of nitrogens with one attached hydrogen (secondary N) is 1. The van der Waals surface area contributed by atoms with Crippen LogP contribution >= 0.6 is 0 Å². The van der Waals surface area contributed by atoms with Crippen molar-refractivity contribution >= 4 is 10.0 Å². The second-order valence-corrected chi connectivity index (χ2v) is 11.7. The van der Waals surface area contributed by atoms with Crippen LogP contribution in [0.3, 0.4) is 0 Å². The largest absolute Gasteiger partial charge is 0.493 e. The van der Waals surface area contributed by atoms with E-state index in [9.17, 15) is 8.42 Å². The van der Waals surface area contributed by atoms with Crippen LogP contribution in [0.2, 0.25) is 0 Å². The van der Waals surface area contributed by atoms with Gasteiger partial charge in [-0.05, 0) is 53.7 Å². The van der Waals surface area contributed by atoms with E-state index >= 15 is 0 Å². The highest BCUT2D eigenvalue weighted by Gasteiger charge is 2.26. The maximum absolute atomic E-state index is 12.2. The van der Waals surface area contributed by atoms with Gasteiger partial charge in [-0.1, -0.05) is 84.0 Å². The van der Waals surface area contributed by atoms with Crippen LogP contribution in [-0.4, -0.2) is 21.6 Å². The lowest BCUT2D eigenvalue weighted by Gasteiger charge is -2.30. The van der Waals surface area contributed by atoms with E-state index in [-0.39, 0.29) is 16.6 Å². The fourth-order valence-corrected chi connectivity index (χ4v) is 4.67. The Hall–Kier alpha value is -1.85. The van der Waals surface area contributed by atoms with Crippen molar-refractivity contribution in [3.05, 3.63) is 65.2 Å². The van der Waals surface area contributed by atoms with Crippen molar-refractivity contribution < 1.29 is 13.2 Å². The van der Waals surface area contributed by atoms with Crippen molar-refractivity contribution in [3.63, 3.8) is 0 Å². The van der Waals surface area contributed by atoms with Crippen LogP contribution in [0.5, 0.6) is 5.75 Å². The Labute approximate surface area is 195 Å². The van der Waals surface area contributed by atoms with Gasteiger partial charge in [0.05, 0.1) is 12.4 Å². The third kappa shape index (κ3) is 7.63. The molecule has 0 heterocycles. The summed E-state index contributed by atoms with van der Waals surface area (Å²) in [7, 11) is -3.32. The zero-order valence-electron chi connectivity index (χ0n) is 20.7. The first-order chi connectivity index (χ1) is 15.0. The van der Waals surface area contributed by atoms with Crippen LogP contribution in [0.25, 0.3) is 0 Å². The van der Waals surface area contributed by atoms with Gasteiger partial charge in [0.25, 0.3) is 0 Å². The summed E-state index contributed by atoms with van der Waals surface area (Å²) in [4.78, 5) is 0. The van der Waals surface area contributed by atoms with Gasteiger partial charge in [0.1, 0.15) is 5.75 Å². The minimum Gasteiger partial charge on any atom is -0.493 e. The lowest BCUT2D eigenvalue weighted by atomic mass is 9.76. The Kier molecular flexibility index (Phi) is 9.35. The maximum Gasteiger partial charge on any atom is 0.215 e. The first kappa shape index (κ1) is 26.4. The first-order valence-electron chi connectivity index (χ1n) is 11.8. The normalized spacial score (nSPS) is 12.7. The van der Waals surface area contributed by atoms with Crippen molar-refractivity contribution in [2.45, 2.75) is 83.8 Å². The molecule has 32 heavy (non-hydrogen) atoms. The molecule has 2 rings (SSSR count). The molecule has 5 heteroatoms. The molecule has 0 aliphatic heterocycles. The van der Waals surface area contributed by atoms with Crippen molar-refractivity contribution in [1.29, 1.82) is 0 Å². The molecule has 0 saturated heterocycles. The Morgan fingerprint density at radius 2 is 1.53 bits per heavy atom. The molecule has 0 spiro atoms. The molecule has 0 atom stereocenters. The summed E-state index contributed by atoms with van der Waals surface area (Å²) < 4.78 is 33.4. The molecule has 0 aromatic heterocycles. The standard InChI is InChI=1S/C27H41NO3S/c1-7-26(3,4)23-16-17-25(24(20-23)27(5,6)8-2)31-19-13-12-18-28-32(29,30)21-22-14-10-9-11-15-22/h9-11,14-17,20,28H,7-8,12-13,18-19,21H2,1-6H3. The summed E-state index contributed by atoms with van der Waals surface area (Å²) in [5, 5.41) is 0. The molecule has 178 valence electrons. The number of hydrogen-bond acceptors (Lipinski definition) is 3. The van der Waals surface area contributed by atoms with Gasteiger partial charge in [0.2, 0.25) is 10.0 Å². The van der Waals surface area contributed by atoms with Gasteiger partial charge in [0.15, 0.2) is 0 Å². The molecular formula is C27H41NO3S. The van der Waals surface area contributed by atoms with Crippen LogP contribution in [0, 0.1) is 0 Å². The molecule has 2 aromatic rings. The summed E-state index contributed by atoms with van der Waals surface area (Å²) in [6, 6.07) is 15.9. The highest BCUT2D eigenvalue weighted by molar-refractivity contribution is 7.88. The molecule has 1 N–H and O–H groups in total. The molecule has 0 fully saturated rings. The second kappa shape index (κ2) is 11.3. The van der Waals surface area contributed by atoms with E-state index in [4.69, 9.17) is 4.74 Å².